The highest BCUT2D eigenvalue weighted by Gasteiger charge is 2.42. The van der Waals surface area contributed by atoms with E-state index in [0.717, 1.165) is 0 Å². The third-order valence-corrected chi connectivity index (χ3v) is 4.06. The van der Waals surface area contributed by atoms with Gasteiger partial charge in [0.25, 0.3) is 5.91 Å². The van der Waals surface area contributed by atoms with Crippen molar-refractivity contribution >= 4 is 11.8 Å². The quantitative estimate of drug-likeness (QED) is 0.821. The van der Waals surface area contributed by atoms with Crippen LogP contribution in [-0.2, 0) is 9.59 Å². The largest absolute Gasteiger partial charge is 0.484 e. The average Bonchev–Trinajstić information content (AvgIpc) is 2.58. The van der Waals surface area contributed by atoms with Gasteiger partial charge in [0, 0.05) is 6.04 Å². The standard InChI is InChI=1S/C17H21F3N2O3/c18-17(19,20)12-5-4-6-13(9-12)22-15(23)10-21-16(24)11-25-14-7-2-1-3-8-14/h1-3,7-8,12-13H,4-6,9-11H2,(H,21,24)(H,22,23). The van der Waals surface area contributed by atoms with Gasteiger partial charge in [0.15, 0.2) is 6.61 Å². The molecule has 2 amide bonds. The summed E-state index contributed by atoms with van der Waals surface area (Å²) in [6.45, 7) is -0.527. The fourth-order valence-electron chi connectivity index (χ4n) is 2.79. The summed E-state index contributed by atoms with van der Waals surface area (Å²) >= 11 is 0. The van der Waals surface area contributed by atoms with Gasteiger partial charge in [-0.3, -0.25) is 9.59 Å². The molecule has 2 unspecified atom stereocenters. The summed E-state index contributed by atoms with van der Waals surface area (Å²) in [5.74, 6) is -1.82. The Balaban J connectivity index is 1.67. The summed E-state index contributed by atoms with van der Waals surface area (Å²) in [5.41, 5.74) is 0. The van der Waals surface area contributed by atoms with E-state index in [1.807, 2.05) is 6.07 Å². The number of para-hydroxylation sites is 1. The first kappa shape index (κ1) is 19.1. The molecule has 0 aliphatic heterocycles. The van der Waals surface area contributed by atoms with E-state index >= 15 is 0 Å². The highest BCUT2D eigenvalue weighted by atomic mass is 19.4. The summed E-state index contributed by atoms with van der Waals surface area (Å²) < 4.78 is 43.5. The number of hydrogen-bond acceptors (Lipinski definition) is 3. The molecule has 8 heteroatoms. The van der Waals surface area contributed by atoms with Gasteiger partial charge >= 0.3 is 6.18 Å². The molecule has 25 heavy (non-hydrogen) atoms. The zero-order chi connectivity index (χ0) is 18.3. The normalized spacial score (nSPS) is 20.6. The number of nitrogens with one attached hydrogen (secondary N) is 2. The van der Waals surface area contributed by atoms with Crippen molar-refractivity contribution in [2.45, 2.75) is 37.9 Å². The first-order valence-corrected chi connectivity index (χ1v) is 8.15. The number of amides is 2. The lowest BCUT2D eigenvalue weighted by Gasteiger charge is -2.31. The first-order valence-electron chi connectivity index (χ1n) is 8.15. The predicted octanol–water partition coefficient (Wildman–Crippen LogP) is 2.42. The topological polar surface area (TPSA) is 67.4 Å². The molecule has 1 aromatic carbocycles. The van der Waals surface area contributed by atoms with Crippen molar-refractivity contribution in [1.29, 1.82) is 0 Å². The van der Waals surface area contributed by atoms with Crippen LogP contribution in [0.5, 0.6) is 5.75 Å². The number of hydrogen-bond donors (Lipinski definition) is 2. The van der Waals surface area contributed by atoms with Crippen LogP contribution in [-0.4, -0.2) is 37.2 Å². The first-order chi connectivity index (χ1) is 11.8. The lowest BCUT2D eigenvalue weighted by Crippen LogP contribution is -2.46. The number of benzene rings is 1. The Morgan fingerprint density at radius 2 is 1.84 bits per heavy atom. The predicted molar refractivity (Wildman–Crippen MR) is 84.9 cm³/mol. The molecule has 1 aliphatic carbocycles. The Kier molecular flexibility index (Phi) is 6.66. The molecule has 0 bridgehead atoms. The van der Waals surface area contributed by atoms with Gasteiger partial charge in [-0.2, -0.15) is 13.2 Å². The fourth-order valence-corrected chi connectivity index (χ4v) is 2.79. The molecular weight excluding hydrogens is 337 g/mol. The summed E-state index contributed by atoms with van der Waals surface area (Å²) in [4.78, 5) is 23.4. The van der Waals surface area contributed by atoms with Crippen LogP contribution in [0.2, 0.25) is 0 Å². The third-order valence-electron chi connectivity index (χ3n) is 4.06. The van der Waals surface area contributed by atoms with Crippen molar-refractivity contribution in [2.75, 3.05) is 13.2 Å². The Morgan fingerprint density at radius 1 is 1.12 bits per heavy atom. The van der Waals surface area contributed by atoms with E-state index in [-0.39, 0.29) is 26.0 Å². The highest BCUT2D eigenvalue weighted by molar-refractivity contribution is 5.85. The third kappa shape index (κ3) is 6.64. The van der Waals surface area contributed by atoms with Crippen LogP contribution in [0.15, 0.2) is 30.3 Å². The number of carbonyl (C=O) groups is 2. The maximum Gasteiger partial charge on any atom is 0.391 e. The van der Waals surface area contributed by atoms with Gasteiger partial charge < -0.3 is 15.4 Å². The zero-order valence-corrected chi connectivity index (χ0v) is 13.6. The van der Waals surface area contributed by atoms with Crippen LogP contribution < -0.4 is 15.4 Å². The van der Waals surface area contributed by atoms with Crippen molar-refractivity contribution in [2.24, 2.45) is 5.92 Å². The molecule has 1 fully saturated rings. The molecule has 1 aliphatic rings. The minimum absolute atomic E-state index is 0.101. The second-order valence-corrected chi connectivity index (χ2v) is 6.05. The summed E-state index contributed by atoms with van der Waals surface area (Å²) in [6, 6.07) is 8.22. The molecule has 0 heterocycles. The summed E-state index contributed by atoms with van der Waals surface area (Å²) in [5, 5.41) is 4.94. The summed E-state index contributed by atoms with van der Waals surface area (Å²) in [6.07, 6.45) is -3.30. The number of rotatable bonds is 6. The second kappa shape index (κ2) is 8.73. The van der Waals surface area contributed by atoms with Gasteiger partial charge in [-0.15, -0.1) is 0 Å². The zero-order valence-electron chi connectivity index (χ0n) is 13.6. The lowest BCUT2D eigenvalue weighted by atomic mass is 9.85. The summed E-state index contributed by atoms with van der Waals surface area (Å²) in [7, 11) is 0. The van der Waals surface area contributed by atoms with E-state index in [0.29, 0.717) is 18.6 Å². The van der Waals surface area contributed by atoms with E-state index in [2.05, 4.69) is 10.6 Å². The van der Waals surface area contributed by atoms with Crippen molar-refractivity contribution in [1.82, 2.24) is 10.6 Å². The van der Waals surface area contributed by atoms with Crippen molar-refractivity contribution in [3.05, 3.63) is 30.3 Å². The molecule has 1 saturated carbocycles. The van der Waals surface area contributed by atoms with Gasteiger partial charge in [0.2, 0.25) is 5.91 Å². The second-order valence-electron chi connectivity index (χ2n) is 6.05. The molecule has 2 atom stereocenters. The van der Waals surface area contributed by atoms with Crippen LogP contribution in [0.3, 0.4) is 0 Å². The van der Waals surface area contributed by atoms with Crippen LogP contribution in [0, 0.1) is 5.92 Å². The van der Waals surface area contributed by atoms with Gasteiger partial charge in [0.05, 0.1) is 12.5 Å². The number of carbonyl (C=O) groups excluding carboxylic acids is 2. The van der Waals surface area contributed by atoms with E-state index in [9.17, 15) is 22.8 Å². The molecule has 0 radical (unpaired) electrons. The van der Waals surface area contributed by atoms with E-state index in [4.69, 9.17) is 4.74 Å². The Morgan fingerprint density at radius 3 is 2.52 bits per heavy atom. The molecule has 0 saturated heterocycles. The average molecular weight is 358 g/mol. The van der Waals surface area contributed by atoms with E-state index < -0.39 is 30.0 Å². The van der Waals surface area contributed by atoms with Crippen molar-refractivity contribution in [3.8, 4) is 5.75 Å². The van der Waals surface area contributed by atoms with Gasteiger partial charge in [0.1, 0.15) is 5.75 Å². The monoisotopic (exact) mass is 358 g/mol. The molecule has 138 valence electrons. The Hall–Kier alpha value is -2.25. The minimum atomic E-state index is -4.23. The Labute approximate surface area is 143 Å². The van der Waals surface area contributed by atoms with Crippen LogP contribution >= 0.6 is 0 Å². The lowest BCUT2D eigenvalue weighted by molar-refractivity contribution is -0.184. The van der Waals surface area contributed by atoms with Crippen molar-refractivity contribution in [3.63, 3.8) is 0 Å². The SMILES string of the molecule is O=C(COc1ccccc1)NCC(=O)NC1CCCC(C(F)(F)F)C1. The van der Waals surface area contributed by atoms with Gasteiger partial charge in [-0.1, -0.05) is 24.6 Å². The molecular formula is C17H21F3N2O3. The molecule has 0 aromatic heterocycles. The van der Waals surface area contributed by atoms with Gasteiger partial charge in [-0.05, 0) is 31.4 Å². The molecule has 2 rings (SSSR count). The number of alkyl halides is 3. The van der Waals surface area contributed by atoms with Crippen LogP contribution in [0.1, 0.15) is 25.7 Å². The molecule has 1 aromatic rings. The maximum absolute atomic E-state index is 12.7. The number of halogens is 3. The van der Waals surface area contributed by atoms with Crippen molar-refractivity contribution < 1.29 is 27.5 Å². The Bertz CT molecular complexity index is 578. The molecule has 0 spiro atoms. The van der Waals surface area contributed by atoms with Crippen LogP contribution in [0.4, 0.5) is 13.2 Å². The molecule has 2 N–H and O–H groups in total. The van der Waals surface area contributed by atoms with Gasteiger partial charge in [-0.25, -0.2) is 0 Å². The molecule has 5 nitrogen and oxygen atoms in total. The fraction of sp³-hybridized carbons (Fsp3) is 0.529. The smallest absolute Gasteiger partial charge is 0.391 e. The highest BCUT2D eigenvalue weighted by Crippen LogP contribution is 2.37. The van der Waals surface area contributed by atoms with E-state index in [1.54, 1.807) is 24.3 Å². The maximum atomic E-state index is 12.7. The minimum Gasteiger partial charge on any atom is -0.484 e. The van der Waals surface area contributed by atoms with E-state index in [1.165, 1.54) is 0 Å². The number of ether oxygens (including phenoxy) is 1. The van der Waals surface area contributed by atoms with Crippen LogP contribution in [0.25, 0.3) is 0 Å².